The molecule has 1 saturated carbocycles. The summed E-state index contributed by atoms with van der Waals surface area (Å²) in [5.41, 5.74) is 1.72. The summed E-state index contributed by atoms with van der Waals surface area (Å²) >= 11 is 3.44. The van der Waals surface area contributed by atoms with Crippen LogP contribution in [0.4, 0.5) is 0 Å². The van der Waals surface area contributed by atoms with Gasteiger partial charge in [-0.1, -0.05) is 15.9 Å². The second-order valence-electron chi connectivity index (χ2n) is 6.21. The highest BCUT2D eigenvalue weighted by Crippen LogP contribution is 2.59. The standard InChI is InChI=1S/C16H18BrNO3/c1-10-8-11(2-3-13(10)17)14(19)18-6-4-16(5-7-18)9-12(16)15(20)21/h2-3,8,12H,4-7,9H2,1H3,(H,20,21). The van der Waals surface area contributed by atoms with Crippen LogP contribution in [0.15, 0.2) is 22.7 Å². The molecule has 1 aliphatic heterocycles. The lowest BCUT2D eigenvalue weighted by molar-refractivity contribution is -0.139. The minimum atomic E-state index is -0.682. The Kier molecular flexibility index (Phi) is 3.56. The first-order valence-corrected chi connectivity index (χ1v) is 8.00. The van der Waals surface area contributed by atoms with Crippen LogP contribution in [-0.2, 0) is 4.79 Å². The van der Waals surface area contributed by atoms with Crippen LogP contribution < -0.4 is 0 Å². The lowest BCUT2D eigenvalue weighted by atomic mass is 9.90. The molecule has 1 heterocycles. The van der Waals surface area contributed by atoms with Gasteiger partial charge in [0, 0.05) is 23.1 Å². The van der Waals surface area contributed by atoms with E-state index in [-0.39, 0.29) is 17.2 Å². The summed E-state index contributed by atoms with van der Waals surface area (Å²) in [6.07, 6.45) is 2.40. The number of hydrogen-bond acceptors (Lipinski definition) is 2. The van der Waals surface area contributed by atoms with Gasteiger partial charge in [-0.2, -0.15) is 0 Å². The van der Waals surface area contributed by atoms with E-state index in [0.717, 1.165) is 29.3 Å². The Bertz CT molecular complexity index is 606. The molecule has 0 aromatic heterocycles. The topological polar surface area (TPSA) is 57.6 Å². The molecule has 1 aromatic carbocycles. The Morgan fingerprint density at radius 3 is 2.52 bits per heavy atom. The fourth-order valence-electron chi connectivity index (χ4n) is 3.36. The Morgan fingerprint density at radius 1 is 1.33 bits per heavy atom. The smallest absolute Gasteiger partial charge is 0.307 e. The molecule has 5 heteroatoms. The minimum Gasteiger partial charge on any atom is -0.481 e. The summed E-state index contributed by atoms with van der Waals surface area (Å²) in [5.74, 6) is -0.823. The lowest BCUT2D eigenvalue weighted by Gasteiger charge is -2.32. The normalized spacial score (nSPS) is 23.1. The molecule has 1 aliphatic carbocycles. The van der Waals surface area contributed by atoms with Crippen molar-refractivity contribution >= 4 is 27.8 Å². The van der Waals surface area contributed by atoms with Crippen LogP contribution in [0.3, 0.4) is 0 Å². The third-order valence-electron chi connectivity index (χ3n) is 4.94. The quantitative estimate of drug-likeness (QED) is 0.890. The average Bonchev–Trinajstić information content (AvgIpc) is 3.16. The zero-order valence-corrected chi connectivity index (χ0v) is 13.5. The second kappa shape index (κ2) is 5.13. The van der Waals surface area contributed by atoms with Crippen molar-refractivity contribution < 1.29 is 14.7 Å². The zero-order valence-electron chi connectivity index (χ0n) is 11.9. The van der Waals surface area contributed by atoms with Crippen LogP contribution >= 0.6 is 15.9 Å². The summed E-state index contributed by atoms with van der Waals surface area (Å²) in [4.78, 5) is 25.4. The van der Waals surface area contributed by atoms with E-state index in [1.807, 2.05) is 30.0 Å². The third kappa shape index (κ3) is 2.59. The number of halogens is 1. The number of carbonyl (C=O) groups excluding carboxylic acids is 1. The fourth-order valence-corrected chi connectivity index (χ4v) is 3.61. The van der Waals surface area contributed by atoms with Gasteiger partial charge >= 0.3 is 5.97 Å². The number of amides is 1. The molecule has 112 valence electrons. The molecule has 0 bridgehead atoms. The van der Waals surface area contributed by atoms with E-state index in [1.165, 1.54) is 0 Å². The predicted octanol–water partition coefficient (Wildman–Crippen LogP) is 3.08. The number of hydrogen-bond donors (Lipinski definition) is 1. The average molecular weight is 352 g/mol. The molecule has 21 heavy (non-hydrogen) atoms. The molecule has 1 atom stereocenters. The monoisotopic (exact) mass is 351 g/mol. The molecule has 1 amide bonds. The fraction of sp³-hybridized carbons (Fsp3) is 0.500. The Hall–Kier alpha value is -1.36. The zero-order chi connectivity index (χ0) is 15.2. The van der Waals surface area contributed by atoms with Gasteiger partial charge in [-0.25, -0.2) is 0 Å². The van der Waals surface area contributed by atoms with Crippen LogP contribution in [-0.4, -0.2) is 35.0 Å². The van der Waals surface area contributed by atoms with E-state index in [1.54, 1.807) is 0 Å². The number of carbonyl (C=O) groups is 2. The first-order valence-electron chi connectivity index (χ1n) is 7.21. The molecular formula is C16H18BrNO3. The number of rotatable bonds is 2. The Balaban J connectivity index is 1.66. The van der Waals surface area contributed by atoms with E-state index in [9.17, 15) is 9.59 Å². The molecule has 2 fully saturated rings. The van der Waals surface area contributed by atoms with E-state index < -0.39 is 5.97 Å². The highest BCUT2D eigenvalue weighted by molar-refractivity contribution is 9.10. The Morgan fingerprint density at radius 2 is 2.00 bits per heavy atom. The van der Waals surface area contributed by atoms with Crippen LogP contribution in [0.1, 0.15) is 35.2 Å². The van der Waals surface area contributed by atoms with Crippen LogP contribution in [0.2, 0.25) is 0 Å². The van der Waals surface area contributed by atoms with Gasteiger partial charge in [0.25, 0.3) is 5.91 Å². The predicted molar refractivity (Wildman–Crippen MR) is 82.2 cm³/mol. The van der Waals surface area contributed by atoms with Gasteiger partial charge in [-0.15, -0.1) is 0 Å². The van der Waals surface area contributed by atoms with Crippen LogP contribution in [0, 0.1) is 18.3 Å². The number of aliphatic carboxylic acids is 1. The first-order chi connectivity index (χ1) is 9.93. The molecular weight excluding hydrogens is 334 g/mol. The number of benzene rings is 1. The molecule has 2 aliphatic rings. The van der Waals surface area contributed by atoms with E-state index in [2.05, 4.69) is 15.9 Å². The van der Waals surface area contributed by atoms with Gasteiger partial charge in [-0.05, 0) is 55.4 Å². The summed E-state index contributed by atoms with van der Waals surface area (Å²) in [6, 6.07) is 5.63. The van der Waals surface area contributed by atoms with Crippen molar-refractivity contribution in [2.45, 2.75) is 26.2 Å². The number of aryl methyl sites for hydroxylation is 1. The molecule has 1 saturated heterocycles. The van der Waals surface area contributed by atoms with Gasteiger partial charge in [0.1, 0.15) is 0 Å². The molecule has 1 aromatic rings. The van der Waals surface area contributed by atoms with E-state index in [0.29, 0.717) is 18.7 Å². The highest BCUT2D eigenvalue weighted by atomic mass is 79.9. The number of carboxylic acids is 1. The van der Waals surface area contributed by atoms with Crippen molar-refractivity contribution in [3.8, 4) is 0 Å². The van der Waals surface area contributed by atoms with Gasteiger partial charge in [0.05, 0.1) is 5.92 Å². The molecule has 3 rings (SSSR count). The molecule has 0 radical (unpaired) electrons. The maximum absolute atomic E-state index is 12.5. The maximum Gasteiger partial charge on any atom is 0.307 e. The van der Waals surface area contributed by atoms with Crippen molar-refractivity contribution in [1.29, 1.82) is 0 Å². The SMILES string of the molecule is Cc1cc(C(=O)N2CCC3(CC2)CC3C(=O)O)ccc1Br. The van der Waals surface area contributed by atoms with E-state index in [4.69, 9.17) is 5.11 Å². The molecule has 1 N–H and O–H groups in total. The summed E-state index contributed by atoms with van der Waals surface area (Å²) in [7, 11) is 0. The van der Waals surface area contributed by atoms with Crippen LogP contribution in [0.25, 0.3) is 0 Å². The van der Waals surface area contributed by atoms with Gasteiger partial charge in [-0.3, -0.25) is 9.59 Å². The molecule has 1 unspecified atom stereocenters. The van der Waals surface area contributed by atoms with Crippen LogP contribution in [0.5, 0.6) is 0 Å². The van der Waals surface area contributed by atoms with Gasteiger partial charge in [0.2, 0.25) is 0 Å². The van der Waals surface area contributed by atoms with E-state index >= 15 is 0 Å². The van der Waals surface area contributed by atoms with Gasteiger partial charge < -0.3 is 10.0 Å². The second-order valence-corrected chi connectivity index (χ2v) is 7.07. The first kappa shape index (κ1) is 14.6. The summed E-state index contributed by atoms with van der Waals surface area (Å²) < 4.78 is 0.999. The largest absolute Gasteiger partial charge is 0.481 e. The summed E-state index contributed by atoms with van der Waals surface area (Å²) in [6.45, 7) is 3.29. The summed E-state index contributed by atoms with van der Waals surface area (Å²) in [5, 5.41) is 9.10. The van der Waals surface area contributed by atoms with Gasteiger partial charge in [0.15, 0.2) is 0 Å². The third-order valence-corrected chi connectivity index (χ3v) is 5.83. The molecule has 1 spiro atoms. The minimum absolute atomic E-state index is 0.0295. The van der Waals surface area contributed by atoms with Crippen molar-refractivity contribution in [3.05, 3.63) is 33.8 Å². The van der Waals surface area contributed by atoms with Crippen molar-refractivity contribution in [3.63, 3.8) is 0 Å². The highest BCUT2D eigenvalue weighted by Gasteiger charge is 2.59. The van der Waals surface area contributed by atoms with Crippen molar-refractivity contribution in [2.24, 2.45) is 11.3 Å². The number of nitrogens with zero attached hydrogens (tertiary/aromatic N) is 1. The Labute approximate surface area is 132 Å². The molecule has 4 nitrogen and oxygen atoms in total. The number of carboxylic acid groups (broad SMARTS) is 1. The van der Waals surface area contributed by atoms with Crippen molar-refractivity contribution in [1.82, 2.24) is 4.90 Å². The number of piperidine rings is 1. The lowest BCUT2D eigenvalue weighted by Crippen LogP contribution is -2.40. The number of likely N-dealkylation sites (tertiary alicyclic amines) is 1. The van der Waals surface area contributed by atoms with Crippen molar-refractivity contribution in [2.75, 3.05) is 13.1 Å². The maximum atomic E-state index is 12.5.